The maximum absolute atomic E-state index is 12.6. The summed E-state index contributed by atoms with van der Waals surface area (Å²) >= 11 is 9.38. The number of hydrogen-bond acceptors (Lipinski definition) is 2. The Bertz CT molecular complexity index is 531. The van der Waals surface area contributed by atoms with Crippen LogP contribution in [0, 0.1) is 5.41 Å². The molecule has 0 bridgehead atoms. The van der Waals surface area contributed by atoms with Gasteiger partial charge in [0, 0.05) is 10.4 Å². The molecular weight excluding hydrogens is 360 g/mol. The van der Waals surface area contributed by atoms with Crippen molar-refractivity contribution in [3.05, 3.63) is 29.3 Å². The second-order valence-corrected chi connectivity index (χ2v) is 8.75. The number of benzene rings is 1. The summed E-state index contributed by atoms with van der Waals surface area (Å²) in [5.41, 5.74) is -0.116. The maximum atomic E-state index is 12.6. The molecule has 0 aromatic heterocycles. The number of rotatable bonds is 4. The minimum atomic E-state index is -3.25. The van der Waals surface area contributed by atoms with Crippen LogP contribution in [-0.4, -0.2) is 19.5 Å². The van der Waals surface area contributed by atoms with Crippen LogP contribution in [0.4, 0.5) is 0 Å². The van der Waals surface area contributed by atoms with E-state index in [2.05, 4.69) is 15.9 Å². The molecule has 0 aliphatic heterocycles. The predicted octanol–water partition coefficient (Wildman–Crippen LogP) is 4.85. The van der Waals surface area contributed by atoms with Crippen LogP contribution in [-0.2, 0) is 9.84 Å². The summed E-state index contributed by atoms with van der Waals surface area (Å²) in [6.07, 6.45) is 6.67. The first-order valence-corrected chi connectivity index (χ1v) is 10.2. The summed E-state index contributed by atoms with van der Waals surface area (Å²) in [4.78, 5) is 0.381. The molecule has 1 aromatic rings. The summed E-state index contributed by atoms with van der Waals surface area (Å²) in [6, 6.07) is 6.50. The lowest BCUT2D eigenvalue weighted by molar-refractivity contribution is 0.327. The van der Waals surface area contributed by atoms with E-state index in [1.54, 1.807) is 24.3 Å². The fraction of sp³-hybridized carbons (Fsp3) is 0.600. The third-order valence-corrected chi connectivity index (χ3v) is 7.54. The Balaban J connectivity index is 2.23. The van der Waals surface area contributed by atoms with E-state index in [1.165, 1.54) is 12.8 Å². The second kappa shape index (κ2) is 6.80. The normalized spacial score (nSPS) is 19.5. The van der Waals surface area contributed by atoms with Crippen LogP contribution in [0.3, 0.4) is 0 Å². The molecular formula is C15H20BrClO2S. The molecule has 0 N–H and O–H groups in total. The molecule has 0 amide bonds. The maximum Gasteiger partial charge on any atom is 0.178 e. The average Bonchev–Trinajstić information content (AvgIpc) is 2.65. The van der Waals surface area contributed by atoms with Crippen LogP contribution in [0.15, 0.2) is 29.2 Å². The van der Waals surface area contributed by atoms with Gasteiger partial charge in [-0.25, -0.2) is 8.42 Å². The lowest BCUT2D eigenvalue weighted by Crippen LogP contribution is -2.31. The largest absolute Gasteiger partial charge is 0.224 e. The molecule has 1 aromatic carbocycles. The van der Waals surface area contributed by atoms with Crippen molar-refractivity contribution in [1.29, 1.82) is 0 Å². The first-order chi connectivity index (χ1) is 9.47. The highest BCUT2D eigenvalue weighted by molar-refractivity contribution is 9.09. The van der Waals surface area contributed by atoms with Gasteiger partial charge in [-0.2, -0.15) is 0 Å². The van der Waals surface area contributed by atoms with E-state index >= 15 is 0 Å². The predicted molar refractivity (Wildman–Crippen MR) is 87.4 cm³/mol. The van der Waals surface area contributed by atoms with Gasteiger partial charge >= 0.3 is 0 Å². The van der Waals surface area contributed by atoms with Gasteiger partial charge in [0.1, 0.15) is 0 Å². The van der Waals surface area contributed by atoms with Crippen molar-refractivity contribution >= 4 is 37.4 Å². The summed E-state index contributed by atoms with van der Waals surface area (Å²) in [7, 11) is -3.25. The highest BCUT2D eigenvalue weighted by Crippen LogP contribution is 2.39. The highest BCUT2D eigenvalue weighted by Gasteiger charge is 2.35. The van der Waals surface area contributed by atoms with Gasteiger partial charge in [0.2, 0.25) is 0 Å². The van der Waals surface area contributed by atoms with Crippen LogP contribution in [0.2, 0.25) is 5.02 Å². The van der Waals surface area contributed by atoms with Gasteiger partial charge < -0.3 is 0 Å². The van der Waals surface area contributed by atoms with Crippen LogP contribution in [0.25, 0.3) is 0 Å². The zero-order valence-corrected chi connectivity index (χ0v) is 14.6. The molecule has 20 heavy (non-hydrogen) atoms. The molecule has 5 heteroatoms. The van der Waals surface area contributed by atoms with E-state index in [9.17, 15) is 8.42 Å². The highest BCUT2D eigenvalue weighted by atomic mass is 79.9. The van der Waals surface area contributed by atoms with Crippen molar-refractivity contribution < 1.29 is 8.42 Å². The molecule has 0 heterocycles. The first kappa shape index (κ1) is 16.3. The van der Waals surface area contributed by atoms with Gasteiger partial charge in [0.25, 0.3) is 0 Å². The number of alkyl halides is 1. The van der Waals surface area contributed by atoms with Crippen LogP contribution in [0.1, 0.15) is 38.5 Å². The lowest BCUT2D eigenvalue weighted by atomic mass is 9.85. The molecule has 112 valence electrons. The van der Waals surface area contributed by atoms with Crippen molar-refractivity contribution in [2.24, 2.45) is 5.41 Å². The van der Waals surface area contributed by atoms with E-state index < -0.39 is 9.84 Å². The smallest absolute Gasteiger partial charge is 0.178 e. The van der Waals surface area contributed by atoms with Gasteiger partial charge in [-0.15, -0.1) is 0 Å². The van der Waals surface area contributed by atoms with Gasteiger partial charge in [0.15, 0.2) is 9.84 Å². The van der Waals surface area contributed by atoms with E-state index in [4.69, 9.17) is 11.6 Å². The van der Waals surface area contributed by atoms with E-state index in [0.29, 0.717) is 9.92 Å². The Morgan fingerprint density at radius 1 is 1.05 bits per heavy atom. The Kier molecular flexibility index (Phi) is 5.55. The summed E-state index contributed by atoms with van der Waals surface area (Å²) in [5.74, 6) is 0.229. The summed E-state index contributed by atoms with van der Waals surface area (Å²) in [6.45, 7) is 0. The third-order valence-electron chi connectivity index (χ3n) is 4.12. The molecule has 2 rings (SSSR count). The van der Waals surface area contributed by atoms with Crippen molar-refractivity contribution in [2.75, 3.05) is 11.1 Å². The van der Waals surface area contributed by atoms with E-state index in [0.717, 1.165) is 31.0 Å². The van der Waals surface area contributed by atoms with Gasteiger partial charge in [-0.1, -0.05) is 53.2 Å². The molecule has 1 aliphatic carbocycles. The van der Waals surface area contributed by atoms with E-state index in [-0.39, 0.29) is 11.2 Å². The molecule has 1 saturated carbocycles. The quantitative estimate of drug-likeness (QED) is 0.553. The molecule has 1 fully saturated rings. The van der Waals surface area contributed by atoms with Crippen molar-refractivity contribution in [2.45, 2.75) is 43.4 Å². The first-order valence-electron chi connectivity index (χ1n) is 7.02. The topological polar surface area (TPSA) is 34.1 Å². The van der Waals surface area contributed by atoms with Crippen LogP contribution >= 0.6 is 27.5 Å². The van der Waals surface area contributed by atoms with Crippen molar-refractivity contribution in [3.8, 4) is 0 Å². The van der Waals surface area contributed by atoms with Crippen molar-refractivity contribution in [1.82, 2.24) is 0 Å². The average molecular weight is 380 g/mol. The summed E-state index contributed by atoms with van der Waals surface area (Å²) < 4.78 is 25.2. The minimum Gasteiger partial charge on any atom is -0.224 e. The lowest BCUT2D eigenvalue weighted by Gasteiger charge is -2.30. The monoisotopic (exact) mass is 378 g/mol. The molecule has 0 spiro atoms. The van der Waals surface area contributed by atoms with Crippen LogP contribution < -0.4 is 0 Å². The Morgan fingerprint density at radius 3 is 2.10 bits per heavy atom. The minimum absolute atomic E-state index is 0.116. The molecule has 1 aliphatic rings. The zero-order valence-electron chi connectivity index (χ0n) is 11.4. The number of sulfone groups is 1. The SMILES string of the molecule is O=S(=O)(CC1(CBr)CCCCCC1)c1ccc(Cl)cc1. The Morgan fingerprint density at radius 2 is 1.60 bits per heavy atom. The van der Waals surface area contributed by atoms with Gasteiger partial charge in [-0.3, -0.25) is 0 Å². The Labute approximate surface area is 135 Å². The summed E-state index contributed by atoms with van der Waals surface area (Å²) in [5, 5.41) is 1.32. The fourth-order valence-corrected chi connectivity index (χ4v) is 5.99. The number of halogens is 2. The third kappa shape index (κ3) is 3.99. The molecule has 0 atom stereocenters. The van der Waals surface area contributed by atoms with Crippen LogP contribution in [0.5, 0.6) is 0 Å². The van der Waals surface area contributed by atoms with Crippen molar-refractivity contribution in [3.63, 3.8) is 0 Å². The second-order valence-electron chi connectivity index (χ2n) is 5.76. The van der Waals surface area contributed by atoms with Gasteiger partial charge in [0.05, 0.1) is 10.6 Å². The zero-order chi connectivity index (χ0) is 14.6. The number of hydrogen-bond donors (Lipinski definition) is 0. The molecule has 2 nitrogen and oxygen atoms in total. The Hall–Kier alpha value is -0.0600. The molecule has 0 saturated heterocycles. The molecule has 0 radical (unpaired) electrons. The molecule has 0 unspecified atom stereocenters. The fourth-order valence-electron chi connectivity index (χ4n) is 2.92. The van der Waals surface area contributed by atoms with E-state index in [1.807, 2.05) is 0 Å². The van der Waals surface area contributed by atoms with Gasteiger partial charge in [-0.05, 0) is 42.5 Å². The standard InChI is InChI=1S/C15H20BrClO2S/c16-11-15(9-3-1-2-4-10-15)12-20(18,19)14-7-5-13(17)6-8-14/h5-8H,1-4,9-12H2.